The summed E-state index contributed by atoms with van der Waals surface area (Å²) in [5, 5.41) is 1.75. The Labute approximate surface area is 101 Å². The molecule has 6 heteroatoms. The number of carbonyl (C=O) groups excluding carboxylic acids is 1. The van der Waals surface area contributed by atoms with E-state index in [1.54, 1.807) is 17.5 Å². The number of hydrogen-bond donors (Lipinski definition) is 0. The molecule has 0 N–H and O–H groups in total. The SMILES string of the molecule is O=C(c1cccs1)N1CCC[C@@H](C(F)(F)F)C1. The highest BCUT2D eigenvalue weighted by atomic mass is 32.1. The lowest BCUT2D eigenvalue weighted by Gasteiger charge is -2.33. The maximum absolute atomic E-state index is 12.6. The highest BCUT2D eigenvalue weighted by molar-refractivity contribution is 7.12. The van der Waals surface area contributed by atoms with E-state index >= 15 is 0 Å². The molecule has 0 aromatic carbocycles. The Morgan fingerprint density at radius 1 is 1.47 bits per heavy atom. The second kappa shape index (κ2) is 4.68. The molecule has 1 aromatic rings. The molecule has 0 bridgehead atoms. The molecule has 0 unspecified atom stereocenters. The second-order valence-electron chi connectivity index (χ2n) is 4.11. The molecule has 0 aliphatic carbocycles. The number of nitrogens with zero attached hydrogens (tertiary/aromatic N) is 1. The van der Waals surface area contributed by atoms with Crippen molar-refractivity contribution in [3.63, 3.8) is 0 Å². The lowest BCUT2D eigenvalue weighted by Crippen LogP contribution is -2.44. The number of piperidine rings is 1. The fourth-order valence-corrected chi connectivity index (χ4v) is 2.68. The minimum Gasteiger partial charge on any atom is -0.337 e. The van der Waals surface area contributed by atoms with Crippen molar-refractivity contribution in [3.05, 3.63) is 22.4 Å². The standard InChI is InChI=1S/C11H12F3NOS/c12-11(13,14)8-3-1-5-15(7-8)10(16)9-4-2-6-17-9/h2,4,6,8H,1,3,5,7H2/t8-/m1/s1. The van der Waals surface area contributed by atoms with Crippen molar-refractivity contribution in [1.29, 1.82) is 0 Å². The van der Waals surface area contributed by atoms with Crippen molar-refractivity contribution in [2.24, 2.45) is 5.92 Å². The molecule has 2 rings (SSSR count). The summed E-state index contributed by atoms with van der Waals surface area (Å²) >= 11 is 1.26. The zero-order valence-electron chi connectivity index (χ0n) is 9.04. The van der Waals surface area contributed by atoms with Crippen LogP contribution in [-0.2, 0) is 0 Å². The highest BCUT2D eigenvalue weighted by Gasteiger charge is 2.42. The smallest absolute Gasteiger partial charge is 0.337 e. The molecule has 0 radical (unpaired) electrons. The molecular weight excluding hydrogens is 251 g/mol. The maximum Gasteiger partial charge on any atom is 0.393 e. The number of amides is 1. The third-order valence-corrected chi connectivity index (χ3v) is 3.76. The third kappa shape index (κ3) is 2.80. The van der Waals surface area contributed by atoms with Gasteiger partial charge in [0, 0.05) is 13.1 Å². The summed E-state index contributed by atoms with van der Waals surface area (Å²) in [5.74, 6) is -1.66. The van der Waals surface area contributed by atoms with Gasteiger partial charge in [-0.15, -0.1) is 11.3 Å². The topological polar surface area (TPSA) is 20.3 Å². The second-order valence-corrected chi connectivity index (χ2v) is 5.06. The Balaban J connectivity index is 2.05. The first-order chi connectivity index (χ1) is 7.98. The molecule has 1 aliphatic heterocycles. The van der Waals surface area contributed by atoms with Crippen LogP contribution in [0.4, 0.5) is 13.2 Å². The number of hydrogen-bond acceptors (Lipinski definition) is 2. The predicted octanol–water partition coefficient (Wildman–Crippen LogP) is 3.16. The van der Waals surface area contributed by atoms with Gasteiger partial charge >= 0.3 is 6.18 Å². The molecule has 2 heterocycles. The first-order valence-corrected chi connectivity index (χ1v) is 6.26. The van der Waals surface area contributed by atoms with E-state index in [-0.39, 0.29) is 18.9 Å². The zero-order valence-corrected chi connectivity index (χ0v) is 9.85. The van der Waals surface area contributed by atoms with E-state index in [0.717, 1.165) is 0 Å². The molecule has 1 saturated heterocycles. The van der Waals surface area contributed by atoms with Gasteiger partial charge in [0.25, 0.3) is 5.91 Å². The van der Waals surface area contributed by atoms with Crippen LogP contribution in [0.2, 0.25) is 0 Å². The van der Waals surface area contributed by atoms with Crippen LogP contribution in [0.15, 0.2) is 17.5 Å². The molecule has 94 valence electrons. The number of alkyl halides is 3. The summed E-state index contributed by atoms with van der Waals surface area (Å²) in [7, 11) is 0. The van der Waals surface area contributed by atoms with Crippen LogP contribution in [0.5, 0.6) is 0 Å². The van der Waals surface area contributed by atoms with Crippen LogP contribution in [-0.4, -0.2) is 30.1 Å². The number of halogens is 3. The van der Waals surface area contributed by atoms with Gasteiger partial charge in [-0.3, -0.25) is 4.79 Å². The Kier molecular flexibility index (Phi) is 3.42. The van der Waals surface area contributed by atoms with Crippen LogP contribution >= 0.6 is 11.3 Å². The Morgan fingerprint density at radius 2 is 2.24 bits per heavy atom. The normalized spacial score (nSPS) is 21.6. The van der Waals surface area contributed by atoms with Gasteiger partial charge in [-0.05, 0) is 24.3 Å². The zero-order chi connectivity index (χ0) is 12.5. The summed E-state index contributed by atoms with van der Waals surface area (Å²) in [5.41, 5.74) is 0. The van der Waals surface area contributed by atoms with Gasteiger partial charge in [0.1, 0.15) is 0 Å². The van der Waals surface area contributed by atoms with E-state index in [1.165, 1.54) is 16.2 Å². The number of rotatable bonds is 1. The molecule has 1 aliphatic rings. The average molecular weight is 263 g/mol. The molecular formula is C11H12F3NOS. The van der Waals surface area contributed by atoms with Crippen molar-refractivity contribution >= 4 is 17.2 Å². The van der Waals surface area contributed by atoms with Crippen LogP contribution in [0, 0.1) is 5.92 Å². The first-order valence-electron chi connectivity index (χ1n) is 5.38. The minimum atomic E-state index is -4.20. The van der Waals surface area contributed by atoms with Gasteiger partial charge in [0.05, 0.1) is 10.8 Å². The Hall–Kier alpha value is -1.04. The van der Waals surface area contributed by atoms with Crippen LogP contribution in [0.1, 0.15) is 22.5 Å². The predicted molar refractivity (Wildman–Crippen MR) is 59.0 cm³/mol. The number of carbonyl (C=O) groups is 1. The molecule has 0 spiro atoms. The minimum absolute atomic E-state index is 0.123. The highest BCUT2D eigenvalue weighted by Crippen LogP contribution is 2.33. The van der Waals surface area contributed by atoms with Gasteiger partial charge in [-0.2, -0.15) is 13.2 Å². The molecule has 0 saturated carbocycles. The van der Waals surface area contributed by atoms with E-state index in [0.29, 0.717) is 17.8 Å². The van der Waals surface area contributed by atoms with Crippen LogP contribution < -0.4 is 0 Å². The molecule has 1 amide bonds. The van der Waals surface area contributed by atoms with Crippen LogP contribution in [0.3, 0.4) is 0 Å². The molecule has 2 nitrogen and oxygen atoms in total. The summed E-state index contributed by atoms with van der Waals surface area (Å²) in [6, 6.07) is 3.37. The Bertz CT molecular complexity index is 388. The van der Waals surface area contributed by atoms with E-state index in [1.807, 2.05) is 0 Å². The van der Waals surface area contributed by atoms with Crippen molar-refractivity contribution in [1.82, 2.24) is 4.90 Å². The summed E-state index contributed by atoms with van der Waals surface area (Å²) < 4.78 is 37.8. The third-order valence-electron chi connectivity index (χ3n) is 2.90. The van der Waals surface area contributed by atoms with E-state index in [9.17, 15) is 18.0 Å². The van der Waals surface area contributed by atoms with Gasteiger partial charge in [-0.1, -0.05) is 6.07 Å². The summed E-state index contributed by atoms with van der Waals surface area (Å²) in [6.07, 6.45) is -3.66. The van der Waals surface area contributed by atoms with E-state index in [2.05, 4.69) is 0 Å². The van der Waals surface area contributed by atoms with Crippen molar-refractivity contribution in [2.45, 2.75) is 19.0 Å². The summed E-state index contributed by atoms with van der Waals surface area (Å²) in [4.78, 5) is 13.7. The Morgan fingerprint density at radius 3 is 2.82 bits per heavy atom. The van der Waals surface area contributed by atoms with Gasteiger partial charge in [-0.25, -0.2) is 0 Å². The monoisotopic (exact) mass is 263 g/mol. The van der Waals surface area contributed by atoms with Crippen molar-refractivity contribution in [3.8, 4) is 0 Å². The van der Waals surface area contributed by atoms with Crippen LogP contribution in [0.25, 0.3) is 0 Å². The largest absolute Gasteiger partial charge is 0.393 e. The molecule has 1 aromatic heterocycles. The quantitative estimate of drug-likeness (QED) is 0.762. The maximum atomic E-state index is 12.6. The molecule has 1 atom stereocenters. The number of likely N-dealkylation sites (tertiary alicyclic amines) is 1. The van der Waals surface area contributed by atoms with Gasteiger partial charge < -0.3 is 4.90 Å². The lowest BCUT2D eigenvalue weighted by atomic mass is 9.97. The molecule has 1 fully saturated rings. The van der Waals surface area contributed by atoms with E-state index in [4.69, 9.17) is 0 Å². The van der Waals surface area contributed by atoms with E-state index < -0.39 is 12.1 Å². The van der Waals surface area contributed by atoms with Crippen molar-refractivity contribution < 1.29 is 18.0 Å². The van der Waals surface area contributed by atoms with Crippen molar-refractivity contribution in [2.75, 3.05) is 13.1 Å². The number of thiophene rings is 1. The summed E-state index contributed by atoms with van der Waals surface area (Å²) in [6.45, 7) is 0.212. The fourth-order valence-electron chi connectivity index (χ4n) is 1.98. The van der Waals surface area contributed by atoms with Gasteiger partial charge in [0.2, 0.25) is 0 Å². The fraction of sp³-hybridized carbons (Fsp3) is 0.545. The first kappa shape index (κ1) is 12.4. The average Bonchev–Trinajstić information content (AvgIpc) is 2.80. The molecule has 17 heavy (non-hydrogen) atoms. The van der Waals surface area contributed by atoms with Gasteiger partial charge in [0.15, 0.2) is 0 Å². The lowest BCUT2D eigenvalue weighted by molar-refractivity contribution is -0.184.